The van der Waals surface area contributed by atoms with E-state index in [1.54, 1.807) is 18.2 Å². The van der Waals surface area contributed by atoms with E-state index < -0.39 is 5.91 Å². The summed E-state index contributed by atoms with van der Waals surface area (Å²) in [6, 6.07) is 12.9. The Balaban J connectivity index is 1.50. The molecule has 0 spiro atoms. The quantitative estimate of drug-likeness (QED) is 0.651. The van der Waals surface area contributed by atoms with Crippen molar-refractivity contribution in [2.45, 2.75) is 18.8 Å². The van der Waals surface area contributed by atoms with Gasteiger partial charge in [-0.15, -0.1) is 0 Å². The number of rotatable bonds is 6. The predicted octanol–water partition coefficient (Wildman–Crippen LogP) is 2.46. The number of benzene rings is 2. The van der Waals surface area contributed by atoms with Gasteiger partial charge in [0.05, 0.1) is 18.1 Å². The van der Waals surface area contributed by atoms with Gasteiger partial charge in [0, 0.05) is 24.6 Å². The number of piperidine rings is 1. The smallest absolute Gasteiger partial charge is 0.255 e. The number of H-pyrrole nitrogens is 1. The lowest BCUT2D eigenvalue weighted by Gasteiger charge is -2.32. The van der Waals surface area contributed by atoms with Gasteiger partial charge < -0.3 is 25.1 Å². The summed E-state index contributed by atoms with van der Waals surface area (Å²) in [5.74, 6) is 1.17. The van der Waals surface area contributed by atoms with Crippen molar-refractivity contribution < 1.29 is 19.1 Å². The second-order valence-electron chi connectivity index (χ2n) is 7.35. The third kappa shape index (κ3) is 4.07. The van der Waals surface area contributed by atoms with E-state index in [2.05, 4.69) is 4.98 Å². The summed E-state index contributed by atoms with van der Waals surface area (Å²) in [4.78, 5) is 34.0. The van der Waals surface area contributed by atoms with Gasteiger partial charge in [-0.2, -0.15) is 0 Å². The molecule has 8 heteroatoms. The monoisotopic (exact) mass is 408 g/mol. The summed E-state index contributed by atoms with van der Waals surface area (Å²) in [6.07, 6.45) is 1.89. The van der Waals surface area contributed by atoms with Gasteiger partial charge in [-0.25, -0.2) is 4.98 Å². The molecule has 1 saturated heterocycles. The van der Waals surface area contributed by atoms with Crippen LogP contribution in [-0.2, 0) is 4.79 Å². The maximum Gasteiger partial charge on any atom is 0.255 e. The largest absolute Gasteiger partial charge is 0.493 e. The van der Waals surface area contributed by atoms with Crippen molar-refractivity contribution in [3.63, 3.8) is 0 Å². The zero-order valence-electron chi connectivity index (χ0n) is 16.8. The second kappa shape index (κ2) is 8.44. The lowest BCUT2D eigenvalue weighted by Crippen LogP contribution is -2.39. The topological polar surface area (TPSA) is 111 Å². The van der Waals surface area contributed by atoms with E-state index in [1.165, 1.54) is 7.11 Å². The van der Waals surface area contributed by atoms with Crippen LogP contribution in [0.1, 0.15) is 34.9 Å². The Morgan fingerprint density at radius 1 is 1.23 bits per heavy atom. The fourth-order valence-electron chi connectivity index (χ4n) is 3.80. The number of nitrogens with one attached hydrogen (secondary N) is 1. The molecule has 1 aliphatic heterocycles. The highest BCUT2D eigenvalue weighted by molar-refractivity contribution is 5.95. The SMILES string of the molecule is COc1cc(C(=O)N2CCC[C@H](c3nc4ccccc4[nH]3)C2)ccc1OCC(N)=O. The van der Waals surface area contributed by atoms with Gasteiger partial charge in [0.1, 0.15) is 5.82 Å². The highest BCUT2D eigenvalue weighted by Gasteiger charge is 2.28. The van der Waals surface area contributed by atoms with E-state index >= 15 is 0 Å². The third-order valence-electron chi connectivity index (χ3n) is 5.28. The number of nitrogens with zero attached hydrogens (tertiary/aromatic N) is 2. The maximum absolute atomic E-state index is 13.1. The lowest BCUT2D eigenvalue weighted by atomic mass is 9.96. The number of aromatic nitrogens is 2. The van der Waals surface area contributed by atoms with E-state index in [9.17, 15) is 9.59 Å². The number of imidazole rings is 1. The zero-order chi connectivity index (χ0) is 21.1. The van der Waals surface area contributed by atoms with E-state index in [4.69, 9.17) is 20.2 Å². The first-order valence-electron chi connectivity index (χ1n) is 9.88. The number of hydrogen-bond acceptors (Lipinski definition) is 5. The van der Waals surface area contributed by atoms with Crippen LogP contribution >= 0.6 is 0 Å². The van der Waals surface area contributed by atoms with Crippen LogP contribution < -0.4 is 15.2 Å². The number of carbonyl (C=O) groups is 2. The summed E-state index contributed by atoms with van der Waals surface area (Å²) in [6.45, 7) is 1.04. The standard InChI is InChI=1S/C22H24N4O4/c1-29-19-11-14(8-9-18(19)30-13-20(23)27)22(28)26-10-4-5-15(12-26)21-24-16-6-2-3-7-17(16)25-21/h2-3,6-9,11,15H,4-5,10,12-13H2,1H3,(H2,23,27)(H,24,25)/t15-/m0/s1. The predicted molar refractivity (Wildman–Crippen MR) is 112 cm³/mol. The van der Waals surface area contributed by atoms with Crippen LogP contribution in [0.25, 0.3) is 11.0 Å². The van der Waals surface area contributed by atoms with Gasteiger partial charge >= 0.3 is 0 Å². The molecule has 0 unspecified atom stereocenters. The molecular formula is C22H24N4O4. The Morgan fingerprint density at radius 2 is 2.07 bits per heavy atom. The minimum atomic E-state index is -0.581. The number of carbonyl (C=O) groups excluding carboxylic acids is 2. The van der Waals surface area contributed by atoms with E-state index in [-0.39, 0.29) is 18.4 Å². The molecular weight excluding hydrogens is 384 g/mol. The third-order valence-corrected chi connectivity index (χ3v) is 5.28. The number of nitrogens with two attached hydrogens (primary N) is 1. The van der Waals surface area contributed by atoms with Crippen molar-refractivity contribution in [2.24, 2.45) is 5.73 Å². The molecule has 156 valence electrons. The van der Waals surface area contributed by atoms with Gasteiger partial charge in [-0.05, 0) is 43.2 Å². The van der Waals surface area contributed by atoms with Crippen molar-refractivity contribution in [1.29, 1.82) is 0 Å². The van der Waals surface area contributed by atoms with Crippen LogP contribution in [0.2, 0.25) is 0 Å². The number of fused-ring (bicyclic) bond motifs is 1. The first-order valence-corrected chi connectivity index (χ1v) is 9.88. The normalized spacial score (nSPS) is 16.4. The molecule has 8 nitrogen and oxygen atoms in total. The van der Waals surface area contributed by atoms with Crippen molar-refractivity contribution >= 4 is 22.8 Å². The molecule has 1 aromatic heterocycles. The summed E-state index contributed by atoms with van der Waals surface area (Å²) in [5, 5.41) is 0. The van der Waals surface area contributed by atoms with Crippen LogP contribution in [0.3, 0.4) is 0 Å². The highest BCUT2D eigenvalue weighted by atomic mass is 16.5. The maximum atomic E-state index is 13.1. The molecule has 1 atom stereocenters. The molecule has 2 amide bonds. The van der Waals surface area contributed by atoms with Crippen molar-refractivity contribution in [1.82, 2.24) is 14.9 Å². The Morgan fingerprint density at radius 3 is 2.83 bits per heavy atom. The average Bonchev–Trinajstić information content (AvgIpc) is 3.21. The number of aromatic amines is 1. The number of hydrogen-bond donors (Lipinski definition) is 2. The number of methoxy groups -OCH3 is 1. The molecule has 3 aromatic rings. The van der Waals surface area contributed by atoms with E-state index in [0.29, 0.717) is 30.2 Å². The molecule has 30 heavy (non-hydrogen) atoms. The fourth-order valence-corrected chi connectivity index (χ4v) is 3.80. The molecule has 2 heterocycles. The zero-order valence-corrected chi connectivity index (χ0v) is 16.8. The van der Waals surface area contributed by atoms with Crippen LogP contribution in [-0.4, -0.2) is 53.5 Å². The van der Waals surface area contributed by atoms with Gasteiger partial charge in [0.15, 0.2) is 18.1 Å². The van der Waals surface area contributed by atoms with Gasteiger partial charge in [-0.1, -0.05) is 12.1 Å². The first-order chi connectivity index (χ1) is 14.5. The number of amides is 2. The molecule has 1 fully saturated rings. The highest BCUT2D eigenvalue weighted by Crippen LogP contribution is 2.31. The number of ether oxygens (including phenoxy) is 2. The summed E-state index contributed by atoms with van der Waals surface area (Å²) < 4.78 is 10.7. The van der Waals surface area contributed by atoms with Crippen molar-refractivity contribution in [3.8, 4) is 11.5 Å². The van der Waals surface area contributed by atoms with Crippen LogP contribution in [0, 0.1) is 0 Å². The fraction of sp³-hybridized carbons (Fsp3) is 0.318. The van der Waals surface area contributed by atoms with E-state index in [0.717, 1.165) is 29.7 Å². The second-order valence-corrected chi connectivity index (χ2v) is 7.35. The number of para-hydroxylation sites is 2. The van der Waals surface area contributed by atoms with Crippen LogP contribution in [0.4, 0.5) is 0 Å². The summed E-state index contributed by atoms with van der Waals surface area (Å²) in [5.41, 5.74) is 7.57. The molecule has 0 radical (unpaired) electrons. The van der Waals surface area contributed by atoms with Crippen molar-refractivity contribution in [2.75, 3.05) is 26.8 Å². The number of primary amides is 1. The van der Waals surface area contributed by atoms with Crippen LogP contribution in [0.5, 0.6) is 11.5 Å². The van der Waals surface area contributed by atoms with Gasteiger partial charge in [-0.3, -0.25) is 9.59 Å². The molecule has 4 rings (SSSR count). The Bertz CT molecular complexity index is 1040. The van der Waals surface area contributed by atoms with Crippen LogP contribution in [0.15, 0.2) is 42.5 Å². The molecule has 3 N–H and O–H groups in total. The Kier molecular flexibility index (Phi) is 5.56. The number of likely N-dealkylation sites (tertiary alicyclic amines) is 1. The van der Waals surface area contributed by atoms with Crippen molar-refractivity contribution in [3.05, 3.63) is 53.9 Å². The Labute approximate surface area is 174 Å². The first kappa shape index (κ1) is 19.8. The molecule has 1 aliphatic rings. The lowest BCUT2D eigenvalue weighted by molar-refractivity contribution is -0.119. The van der Waals surface area contributed by atoms with Gasteiger partial charge in [0.25, 0.3) is 11.8 Å². The Hall–Kier alpha value is -3.55. The summed E-state index contributed by atoms with van der Waals surface area (Å²) in [7, 11) is 1.49. The molecule has 0 aliphatic carbocycles. The molecule has 2 aromatic carbocycles. The average molecular weight is 408 g/mol. The molecule has 0 bridgehead atoms. The minimum absolute atomic E-state index is 0.0736. The minimum Gasteiger partial charge on any atom is -0.493 e. The van der Waals surface area contributed by atoms with Gasteiger partial charge in [0.2, 0.25) is 0 Å². The van der Waals surface area contributed by atoms with E-state index in [1.807, 2.05) is 29.2 Å². The summed E-state index contributed by atoms with van der Waals surface area (Å²) >= 11 is 0. The molecule has 0 saturated carbocycles.